The molecule has 0 spiro atoms. The molecule has 0 amide bonds. The average Bonchev–Trinajstić information content (AvgIpc) is 2.47. The van der Waals surface area contributed by atoms with Crippen molar-refractivity contribution in [2.75, 3.05) is 13.7 Å². The fraction of sp³-hybridized carbons (Fsp3) is 0.250. The van der Waals surface area contributed by atoms with E-state index >= 15 is 0 Å². The second-order valence-corrected chi connectivity index (χ2v) is 4.75. The van der Waals surface area contributed by atoms with Crippen LogP contribution >= 0.6 is 11.6 Å². The minimum Gasteiger partial charge on any atom is -0.497 e. The van der Waals surface area contributed by atoms with Crippen LogP contribution in [0.15, 0.2) is 42.5 Å². The number of hydrogen-bond acceptors (Lipinski definition) is 3. The quantitative estimate of drug-likeness (QED) is 0.863. The van der Waals surface area contributed by atoms with E-state index in [2.05, 4.69) is 12.2 Å². The molecule has 2 aromatic rings. The molecule has 0 aliphatic heterocycles. The maximum absolute atomic E-state index is 6.04. The number of methoxy groups -OCH3 is 1. The molecule has 106 valence electrons. The molecule has 0 bridgehead atoms. The summed E-state index contributed by atoms with van der Waals surface area (Å²) >= 11 is 6.04. The molecule has 0 atom stereocenters. The molecule has 0 radical (unpaired) electrons. The van der Waals surface area contributed by atoms with Crippen molar-refractivity contribution in [1.29, 1.82) is 0 Å². The molecule has 0 aromatic heterocycles. The van der Waals surface area contributed by atoms with Crippen molar-refractivity contribution in [2.24, 2.45) is 0 Å². The summed E-state index contributed by atoms with van der Waals surface area (Å²) in [6, 6.07) is 13.2. The van der Waals surface area contributed by atoms with E-state index in [9.17, 15) is 0 Å². The van der Waals surface area contributed by atoms with E-state index in [1.54, 1.807) is 7.11 Å². The summed E-state index contributed by atoms with van der Waals surface area (Å²) in [5.74, 6) is 2.32. The summed E-state index contributed by atoms with van der Waals surface area (Å²) in [6.07, 6.45) is 0. The van der Waals surface area contributed by atoms with Gasteiger partial charge in [-0.2, -0.15) is 0 Å². The van der Waals surface area contributed by atoms with Gasteiger partial charge in [0.2, 0.25) is 0 Å². The average molecular weight is 292 g/mol. The van der Waals surface area contributed by atoms with Crippen molar-refractivity contribution < 1.29 is 9.47 Å². The smallest absolute Gasteiger partial charge is 0.133 e. The highest BCUT2D eigenvalue weighted by Gasteiger charge is 2.06. The highest BCUT2D eigenvalue weighted by Crippen LogP contribution is 2.29. The van der Waals surface area contributed by atoms with Gasteiger partial charge in [-0.25, -0.2) is 0 Å². The molecule has 1 N–H and O–H groups in total. The van der Waals surface area contributed by atoms with E-state index in [-0.39, 0.29) is 0 Å². The fourth-order valence-electron chi connectivity index (χ4n) is 1.80. The van der Waals surface area contributed by atoms with E-state index in [0.29, 0.717) is 5.02 Å². The van der Waals surface area contributed by atoms with Crippen LogP contribution < -0.4 is 14.8 Å². The lowest BCUT2D eigenvalue weighted by Gasteiger charge is -2.12. The first-order chi connectivity index (χ1) is 9.72. The van der Waals surface area contributed by atoms with Crippen LogP contribution in [0.25, 0.3) is 0 Å². The number of halogens is 1. The molecule has 0 aliphatic carbocycles. The van der Waals surface area contributed by atoms with E-state index in [4.69, 9.17) is 21.1 Å². The number of hydrogen-bond donors (Lipinski definition) is 1. The van der Waals surface area contributed by atoms with Gasteiger partial charge in [0.1, 0.15) is 17.2 Å². The topological polar surface area (TPSA) is 30.5 Å². The predicted octanol–water partition coefficient (Wildman–Crippen LogP) is 4.25. The van der Waals surface area contributed by atoms with Crippen LogP contribution in [0.4, 0.5) is 0 Å². The standard InChI is InChI=1S/C16H18ClNO2/c1-3-18-11-12-4-5-13(17)10-16(12)20-15-8-6-14(19-2)7-9-15/h4-10,18H,3,11H2,1-2H3. The number of nitrogens with one attached hydrogen (secondary N) is 1. The minimum atomic E-state index is 0.661. The SMILES string of the molecule is CCNCc1ccc(Cl)cc1Oc1ccc(OC)cc1. The Balaban J connectivity index is 2.19. The summed E-state index contributed by atoms with van der Waals surface area (Å²) in [5.41, 5.74) is 1.08. The van der Waals surface area contributed by atoms with Crippen LogP contribution in [0.3, 0.4) is 0 Å². The summed E-state index contributed by atoms with van der Waals surface area (Å²) in [4.78, 5) is 0. The Hall–Kier alpha value is -1.71. The molecule has 0 saturated heterocycles. The highest BCUT2D eigenvalue weighted by molar-refractivity contribution is 6.30. The summed E-state index contributed by atoms with van der Waals surface area (Å²) in [6.45, 7) is 3.73. The first kappa shape index (κ1) is 14.7. The van der Waals surface area contributed by atoms with Crippen molar-refractivity contribution in [3.8, 4) is 17.2 Å². The van der Waals surface area contributed by atoms with E-state index in [0.717, 1.165) is 35.9 Å². The third-order valence-electron chi connectivity index (χ3n) is 2.88. The van der Waals surface area contributed by atoms with Gasteiger partial charge in [-0.1, -0.05) is 24.6 Å². The maximum Gasteiger partial charge on any atom is 0.133 e. The molecule has 4 heteroatoms. The zero-order valence-corrected chi connectivity index (χ0v) is 12.4. The van der Waals surface area contributed by atoms with Gasteiger partial charge >= 0.3 is 0 Å². The Morgan fingerprint density at radius 1 is 1.05 bits per heavy atom. The summed E-state index contributed by atoms with van der Waals surface area (Å²) < 4.78 is 11.0. The van der Waals surface area contributed by atoms with Gasteiger partial charge in [0.05, 0.1) is 7.11 Å². The van der Waals surface area contributed by atoms with Gasteiger partial charge in [0.25, 0.3) is 0 Å². The van der Waals surface area contributed by atoms with Crippen molar-refractivity contribution in [3.63, 3.8) is 0 Å². The molecule has 3 nitrogen and oxygen atoms in total. The fourth-order valence-corrected chi connectivity index (χ4v) is 1.96. The van der Waals surface area contributed by atoms with Gasteiger partial charge < -0.3 is 14.8 Å². The first-order valence-corrected chi connectivity index (χ1v) is 6.91. The monoisotopic (exact) mass is 291 g/mol. The molecule has 0 fully saturated rings. The predicted molar refractivity (Wildman–Crippen MR) is 81.9 cm³/mol. The van der Waals surface area contributed by atoms with Crippen LogP contribution in [-0.4, -0.2) is 13.7 Å². The zero-order chi connectivity index (χ0) is 14.4. The Kier molecular flexibility index (Phi) is 5.27. The lowest BCUT2D eigenvalue weighted by atomic mass is 10.2. The largest absolute Gasteiger partial charge is 0.497 e. The molecule has 0 unspecified atom stereocenters. The molecule has 2 aromatic carbocycles. The highest BCUT2D eigenvalue weighted by atomic mass is 35.5. The van der Waals surface area contributed by atoms with Gasteiger partial charge in [-0.3, -0.25) is 0 Å². The van der Waals surface area contributed by atoms with Gasteiger partial charge in [0.15, 0.2) is 0 Å². The van der Waals surface area contributed by atoms with E-state index in [1.165, 1.54) is 0 Å². The van der Waals surface area contributed by atoms with Crippen molar-refractivity contribution >= 4 is 11.6 Å². The third-order valence-corrected chi connectivity index (χ3v) is 3.12. The van der Waals surface area contributed by atoms with Gasteiger partial charge in [0, 0.05) is 17.1 Å². The normalized spacial score (nSPS) is 10.3. The van der Waals surface area contributed by atoms with Crippen molar-refractivity contribution in [3.05, 3.63) is 53.1 Å². The van der Waals surface area contributed by atoms with Gasteiger partial charge in [-0.05, 0) is 42.9 Å². The van der Waals surface area contributed by atoms with Crippen LogP contribution in [0, 0.1) is 0 Å². The minimum absolute atomic E-state index is 0.661. The number of ether oxygens (including phenoxy) is 2. The molecule has 0 heterocycles. The maximum atomic E-state index is 6.04. The summed E-state index contributed by atoms with van der Waals surface area (Å²) in [7, 11) is 1.64. The second-order valence-electron chi connectivity index (χ2n) is 4.31. The molecular formula is C16H18ClNO2. The number of benzene rings is 2. The van der Waals surface area contributed by atoms with Gasteiger partial charge in [-0.15, -0.1) is 0 Å². The third kappa shape index (κ3) is 3.89. The van der Waals surface area contributed by atoms with Crippen molar-refractivity contribution in [2.45, 2.75) is 13.5 Å². The van der Waals surface area contributed by atoms with Crippen molar-refractivity contribution in [1.82, 2.24) is 5.32 Å². The van der Waals surface area contributed by atoms with Crippen LogP contribution in [0.1, 0.15) is 12.5 Å². The molecule has 2 rings (SSSR count). The van der Waals surface area contributed by atoms with E-state index < -0.39 is 0 Å². The molecule has 20 heavy (non-hydrogen) atoms. The molecular weight excluding hydrogens is 274 g/mol. The van der Waals surface area contributed by atoms with E-state index in [1.807, 2.05) is 42.5 Å². The molecule has 0 aliphatic rings. The Labute approximate surface area is 124 Å². The Morgan fingerprint density at radius 3 is 2.40 bits per heavy atom. The van der Waals surface area contributed by atoms with Crippen LogP contribution in [-0.2, 0) is 6.54 Å². The Bertz CT molecular complexity index is 555. The Morgan fingerprint density at radius 2 is 1.75 bits per heavy atom. The summed E-state index contributed by atoms with van der Waals surface area (Å²) in [5, 5.41) is 3.95. The van der Waals surface area contributed by atoms with Crippen LogP contribution in [0.5, 0.6) is 17.2 Å². The van der Waals surface area contributed by atoms with Crippen LogP contribution in [0.2, 0.25) is 5.02 Å². The lowest BCUT2D eigenvalue weighted by Crippen LogP contribution is -2.12. The first-order valence-electron chi connectivity index (χ1n) is 6.54. The second kappa shape index (κ2) is 7.17. The zero-order valence-electron chi connectivity index (χ0n) is 11.7. The number of rotatable bonds is 6. The molecule has 0 saturated carbocycles. The lowest BCUT2D eigenvalue weighted by molar-refractivity contribution is 0.412.